The number of ether oxygens (including phenoxy) is 1. The van der Waals surface area contributed by atoms with Gasteiger partial charge in [-0.2, -0.15) is 0 Å². The highest BCUT2D eigenvalue weighted by atomic mass is 32.2. The maximum absolute atomic E-state index is 11.6. The first-order valence-electron chi connectivity index (χ1n) is 6.16. The lowest BCUT2D eigenvalue weighted by atomic mass is 10.2. The van der Waals surface area contributed by atoms with Gasteiger partial charge in [0.25, 0.3) is 0 Å². The molecule has 0 aliphatic rings. The molecular formula is C12H21N3O3S. The van der Waals surface area contributed by atoms with Gasteiger partial charge >= 0.3 is 0 Å². The molecule has 0 spiro atoms. The van der Waals surface area contributed by atoms with E-state index in [9.17, 15) is 8.42 Å². The molecule has 6 nitrogen and oxygen atoms in total. The van der Waals surface area contributed by atoms with Crippen molar-refractivity contribution in [2.75, 3.05) is 37.9 Å². The van der Waals surface area contributed by atoms with E-state index in [0.717, 1.165) is 18.7 Å². The lowest BCUT2D eigenvalue weighted by Crippen LogP contribution is -2.20. The molecular weight excluding hydrogens is 266 g/mol. The SMILES string of the molecule is CCOCCCNc1ccc(S(=O)(=O)NC)c(N)c1. The lowest BCUT2D eigenvalue weighted by Gasteiger charge is -2.10. The van der Waals surface area contributed by atoms with Gasteiger partial charge in [0.1, 0.15) is 4.90 Å². The fraction of sp³-hybridized carbons (Fsp3) is 0.500. The Kier molecular flexibility index (Phi) is 6.07. The van der Waals surface area contributed by atoms with Crippen molar-refractivity contribution in [3.8, 4) is 0 Å². The molecule has 0 aromatic heterocycles. The summed E-state index contributed by atoms with van der Waals surface area (Å²) in [5.74, 6) is 0. The Balaban J connectivity index is 2.62. The van der Waals surface area contributed by atoms with Crippen molar-refractivity contribution in [3.63, 3.8) is 0 Å². The lowest BCUT2D eigenvalue weighted by molar-refractivity contribution is 0.147. The van der Waals surface area contributed by atoms with Crippen LogP contribution in [0.4, 0.5) is 11.4 Å². The van der Waals surface area contributed by atoms with Crippen LogP contribution in [-0.4, -0.2) is 35.2 Å². The summed E-state index contributed by atoms with van der Waals surface area (Å²) in [4.78, 5) is 0.0925. The Morgan fingerprint density at radius 1 is 1.37 bits per heavy atom. The van der Waals surface area contributed by atoms with E-state index in [-0.39, 0.29) is 10.6 Å². The maximum atomic E-state index is 11.6. The molecule has 0 bridgehead atoms. The summed E-state index contributed by atoms with van der Waals surface area (Å²) in [5.41, 5.74) is 6.77. The summed E-state index contributed by atoms with van der Waals surface area (Å²) in [7, 11) is -2.15. The Morgan fingerprint density at radius 3 is 2.68 bits per heavy atom. The van der Waals surface area contributed by atoms with Crippen LogP contribution in [0.5, 0.6) is 0 Å². The third-order valence-electron chi connectivity index (χ3n) is 2.57. The van der Waals surface area contributed by atoms with Crippen molar-refractivity contribution in [2.24, 2.45) is 0 Å². The van der Waals surface area contributed by atoms with Gasteiger partial charge in [0, 0.05) is 25.4 Å². The summed E-state index contributed by atoms with van der Waals surface area (Å²) in [6.07, 6.45) is 0.879. The maximum Gasteiger partial charge on any atom is 0.242 e. The molecule has 0 radical (unpaired) electrons. The van der Waals surface area contributed by atoms with Gasteiger partial charge in [-0.3, -0.25) is 0 Å². The minimum Gasteiger partial charge on any atom is -0.398 e. The Labute approximate surface area is 114 Å². The highest BCUT2D eigenvalue weighted by Crippen LogP contribution is 2.22. The molecule has 0 aliphatic heterocycles. The number of nitrogen functional groups attached to an aromatic ring is 1. The molecule has 0 amide bonds. The zero-order valence-corrected chi connectivity index (χ0v) is 12.1. The molecule has 1 aromatic carbocycles. The van der Waals surface area contributed by atoms with Crippen molar-refractivity contribution in [2.45, 2.75) is 18.2 Å². The van der Waals surface area contributed by atoms with E-state index in [1.807, 2.05) is 6.92 Å². The third kappa shape index (κ3) is 4.70. The Morgan fingerprint density at radius 2 is 2.11 bits per heavy atom. The molecule has 4 N–H and O–H groups in total. The molecule has 0 fully saturated rings. The molecule has 1 aromatic rings. The molecule has 7 heteroatoms. The van der Waals surface area contributed by atoms with Gasteiger partial charge in [-0.05, 0) is 38.6 Å². The van der Waals surface area contributed by atoms with Gasteiger partial charge in [-0.15, -0.1) is 0 Å². The van der Waals surface area contributed by atoms with Crippen LogP contribution in [0, 0.1) is 0 Å². The molecule has 1 rings (SSSR count). The molecule has 108 valence electrons. The van der Waals surface area contributed by atoms with E-state index >= 15 is 0 Å². The van der Waals surface area contributed by atoms with E-state index < -0.39 is 10.0 Å². The molecule has 0 heterocycles. The van der Waals surface area contributed by atoms with Gasteiger partial charge < -0.3 is 15.8 Å². The average Bonchev–Trinajstić information content (AvgIpc) is 2.38. The molecule has 0 aliphatic carbocycles. The standard InChI is InChI=1S/C12H21N3O3S/c1-3-18-8-4-7-15-10-5-6-12(11(13)9-10)19(16,17)14-2/h5-6,9,14-15H,3-4,7-8,13H2,1-2H3. The number of anilines is 2. The first kappa shape index (κ1) is 15.7. The van der Waals surface area contributed by atoms with Crippen molar-refractivity contribution in [3.05, 3.63) is 18.2 Å². The first-order valence-corrected chi connectivity index (χ1v) is 7.64. The Bertz CT molecular complexity index is 503. The fourth-order valence-corrected chi connectivity index (χ4v) is 2.40. The van der Waals surface area contributed by atoms with Gasteiger partial charge in [0.2, 0.25) is 10.0 Å². The quantitative estimate of drug-likeness (QED) is 0.490. The predicted octanol–water partition coefficient (Wildman–Crippen LogP) is 1.02. The van der Waals surface area contributed by atoms with Crippen LogP contribution in [0.1, 0.15) is 13.3 Å². The van der Waals surface area contributed by atoms with Crippen molar-refractivity contribution < 1.29 is 13.2 Å². The summed E-state index contributed by atoms with van der Waals surface area (Å²) in [6.45, 7) is 4.11. The predicted molar refractivity (Wildman–Crippen MR) is 76.7 cm³/mol. The number of sulfonamides is 1. The Hall–Kier alpha value is -1.31. The number of nitrogens with two attached hydrogens (primary N) is 1. The normalized spacial score (nSPS) is 11.5. The average molecular weight is 287 g/mol. The second-order valence-electron chi connectivity index (χ2n) is 3.94. The summed E-state index contributed by atoms with van der Waals surface area (Å²) in [5, 5.41) is 3.17. The van der Waals surface area contributed by atoms with Gasteiger partial charge in [-0.1, -0.05) is 0 Å². The summed E-state index contributed by atoms with van der Waals surface area (Å²) in [6, 6.07) is 4.80. The number of nitrogens with one attached hydrogen (secondary N) is 2. The number of rotatable bonds is 8. The van der Waals surface area contributed by atoms with Crippen molar-refractivity contribution >= 4 is 21.4 Å². The monoisotopic (exact) mass is 287 g/mol. The number of hydrogen-bond acceptors (Lipinski definition) is 5. The minimum absolute atomic E-state index is 0.0925. The molecule has 0 atom stereocenters. The van der Waals surface area contributed by atoms with Crippen LogP contribution < -0.4 is 15.8 Å². The van der Waals surface area contributed by atoms with Gasteiger partial charge in [0.05, 0.1) is 5.69 Å². The van der Waals surface area contributed by atoms with Crippen molar-refractivity contribution in [1.82, 2.24) is 4.72 Å². The van der Waals surface area contributed by atoms with Crippen LogP contribution in [0.25, 0.3) is 0 Å². The smallest absolute Gasteiger partial charge is 0.242 e. The van der Waals surface area contributed by atoms with Crippen molar-refractivity contribution in [1.29, 1.82) is 0 Å². The second kappa shape index (κ2) is 7.32. The zero-order valence-electron chi connectivity index (χ0n) is 11.3. The molecule has 0 saturated carbocycles. The molecule has 0 unspecified atom stereocenters. The summed E-state index contributed by atoms with van der Waals surface area (Å²) < 4.78 is 30.7. The minimum atomic E-state index is -3.50. The highest BCUT2D eigenvalue weighted by molar-refractivity contribution is 7.89. The van der Waals surface area contributed by atoms with Gasteiger partial charge in [0.15, 0.2) is 0 Å². The molecule has 19 heavy (non-hydrogen) atoms. The van der Waals surface area contributed by atoms with Crippen LogP contribution in [0.15, 0.2) is 23.1 Å². The largest absolute Gasteiger partial charge is 0.398 e. The van der Waals surface area contributed by atoms with E-state index in [0.29, 0.717) is 13.2 Å². The van der Waals surface area contributed by atoms with Crippen LogP contribution >= 0.6 is 0 Å². The van der Waals surface area contributed by atoms with E-state index in [1.165, 1.54) is 13.1 Å². The van der Waals surface area contributed by atoms with Crippen LogP contribution in [-0.2, 0) is 14.8 Å². The zero-order chi connectivity index (χ0) is 14.3. The first-order chi connectivity index (χ1) is 9.01. The second-order valence-corrected chi connectivity index (χ2v) is 5.79. The number of benzene rings is 1. The van der Waals surface area contributed by atoms with Crippen LogP contribution in [0.2, 0.25) is 0 Å². The molecule has 0 saturated heterocycles. The van der Waals surface area contributed by atoms with Crippen LogP contribution in [0.3, 0.4) is 0 Å². The van der Waals surface area contributed by atoms with E-state index in [4.69, 9.17) is 10.5 Å². The third-order valence-corrected chi connectivity index (χ3v) is 4.06. The highest BCUT2D eigenvalue weighted by Gasteiger charge is 2.14. The fourth-order valence-electron chi connectivity index (χ4n) is 1.56. The topological polar surface area (TPSA) is 93.4 Å². The summed E-state index contributed by atoms with van der Waals surface area (Å²) >= 11 is 0. The van der Waals surface area contributed by atoms with Gasteiger partial charge in [-0.25, -0.2) is 13.1 Å². The van der Waals surface area contributed by atoms with E-state index in [1.54, 1.807) is 12.1 Å². The number of hydrogen-bond donors (Lipinski definition) is 3. The van der Waals surface area contributed by atoms with E-state index in [2.05, 4.69) is 10.0 Å².